The van der Waals surface area contributed by atoms with Gasteiger partial charge < -0.3 is 10.6 Å². The van der Waals surface area contributed by atoms with E-state index in [4.69, 9.17) is 0 Å². The van der Waals surface area contributed by atoms with Crippen LogP contribution in [0.15, 0.2) is 0 Å². The molecule has 2 aromatic heterocycles. The average molecular weight is 360 g/mol. The lowest BCUT2D eigenvalue weighted by Gasteiger charge is -2.26. The van der Waals surface area contributed by atoms with Crippen molar-refractivity contribution in [2.24, 2.45) is 5.92 Å². The molecule has 1 aliphatic rings. The van der Waals surface area contributed by atoms with Crippen molar-refractivity contribution in [2.45, 2.75) is 39.0 Å². The first-order valence-corrected chi connectivity index (χ1v) is 8.17. The second kappa shape index (κ2) is 6.74. The minimum Gasteiger partial charge on any atom is -0.365 e. The Morgan fingerprint density at radius 1 is 1.20 bits per heavy atom. The highest BCUT2D eigenvalue weighted by molar-refractivity contribution is 5.58. The Morgan fingerprint density at radius 3 is 2.52 bits per heavy atom. The molecule has 10 heteroatoms. The number of fused-ring (bicyclic) bond motifs is 1. The van der Waals surface area contributed by atoms with Gasteiger partial charge in [0.05, 0.1) is 0 Å². The van der Waals surface area contributed by atoms with Crippen molar-refractivity contribution in [1.29, 1.82) is 0 Å². The molecular weight excluding hydrogens is 340 g/mol. The zero-order valence-electron chi connectivity index (χ0n) is 14.0. The smallest absolute Gasteiger partial charge is 0.365 e. The van der Waals surface area contributed by atoms with Crippen LogP contribution in [0.3, 0.4) is 0 Å². The van der Waals surface area contributed by atoms with E-state index in [0.717, 1.165) is 25.9 Å². The van der Waals surface area contributed by atoms with Crippen LogP contribution in [0, 0.1) is 19.8 Å². The summed E-state index contributed by atoms with van der Waals surface area (Å²) in [6.45, 7) is 4.93. The Bertz CT molecular complexity index is 751. The minimum atomic E-state index is -4.66. The lowest BCUT2D eigenvalue weighted by Crippen LogP contribution is -2.35. The molecule has 6 nitrogen and oxygen atoms in total. The van der Waals surface area contributed by atoms with Crippen LogP contribution in [-0.4, -0.2) is 45.6 Å². The maximum atomic E-state index is 14.4. The second-order valence-corrected chi connectivity index (χ2v) is 6.34. The van der Waals surface area contributed by atoms with Crippen molar-refractivity contribution in [3.05, 3.63) is 17.0 Å². The monoisotopic (exact) mass is 360 g/mol. The fraction of sp³-hybridized carbons (Fsp3) is 0.667. The largest absolute Gasteiger partial charge is 0.453 e. The number of alkyl halides is 4. The van der Waals surface area contributed by atoms with Crippen molar-refractivity contribution in [3.63, 3.8) is 0 Å². The first kappa shape index (κ1) is 17.8. The van der Waals surface area contributed by atoms with E-state index in [1.165, 1.54) is 0 Å². The van der Waals surface area contributed by atoms with Gasteiger partial charge in [0.25, 0.3) is 5.82 Å². The molecule has 1 unspecified atom stereocenters. The normalized spacial score (nSPS) is 17.8. The first-order valence-electron chi connectivity index (χ1n) is 8.17. The van der Waals surface area contributed by atoms with E-state index in [0.29, 0.717) is 15.6 Å². The molecule has 1 fully saturated rings. The summed E-state index contributed by atoms with van der Waals surface area (Å²) in [4.78, 5) is 0. The van der Waals surface area contributed by atoms with Gasteiger partial charge in [0, 0.05) is 12.1 Å². The molecule has 1 saturated heterocycles. The van der Waals surface area contributed by atoms with Crippen molar-refractivity contribution in [3.8, 4) is 0 Å². The number of anilines is 1. The summed E-state index contributed by atoms with van der Waals surface area (Å²) in [5.41, 5.74) is 1.20. The average Bonchev–Trinajstić information content (AvgIpc) is 3.01. The molecule has 1 atom stereocenters. The highest BCUT2D eigenvalue weighted by atomic mass is 19.4. The van der Waals surface area contributed by atoms with Gasteiger partial charge in [-0.3, -0.25) is 0 Å². The van der Waals surface area contributed by atoms with Crippen LogP contribution in [0.2, 0.25) is 0 Å². The molecule has 0 bridgehead atoms. The van der Waals surface area contributed by atoms with Crippen LogP contribution in [0.1, 0.15) is 29.8 Å². The van der Waals surface area contributed by atoms with E-state index >= 15 is 0 Å². The van der Waals surface area contributed by atoms with Gasteiger partial charge >= 0.3 is 6.18 Å². The number of aryl methyl sites for hydroxylation is 1. The molecule has 0 spiro atoms. The maximum Gasteiger partial charge on any atom is 0.453 e. The number of aromatic nitrogens is 4. The maximum absolute atomic E-state index is 14.4. The second-order valence-electron chi connectivity index (χ2n) is 6.34. The van der Waals surface area contributed by atoms with Gasteiger partial charge in [0.15, 0.2) is 5.65 Å². The van der Waals surface area contributed by atoms with Crippen LogP contribution in [0.4, 0.5) is 23.4 Å². The molecule has 1 aliphatic heterocycles. The lowest BCUT2D eigenvalue weighted by molar-refractivity contribution is -0.146. The number of rotatable bonds is 4. The molecular formula is C15H20F4N6. The molecule has 2 N–H and O–H groups in total. The van der Waals surface area contributed by atoms with Gasteiger partial charge in [0.1, 0.15) is 12.0 Å². The van der Waals surface area contributed by atoms with Gasteiger partial charge in [-0.05, 0) is 51.3 Å². The summed E-state index contributed by atoms with van der Waals surface area (Å²) in [6.07, 6.45) is -4.25. The molecule has 138 valence electrons. The lowest BCUT2D eigenvalue weighted by atomic mass is 9.93. The molecule has 3 rings (SSSR count). The number of nitrogens with zero attached hydrogens (tertiary/aromatic N) is 4. The van der Waals surface area contributed by atoms with Gasteiger partial charge in [-0.1, -0.05) is 0 Å². The Labute approximate surface area is 142 Å². The molecule has 0 aliphatic carbocycles. The third-order valence-electron chi connectivity index (χ3n) is 4.71. The molecule has 0 radical (unpaired) electrons. The Balaban J connectivity index is 1.84. The van der Waals surface area contributed by atoms with E-state index in [1.54, 1.807) is 13.8 Å². The van der Waals surface area contributed by atoms with E-state index in [-0.39, 0.29) is 23.9 Å². The van der Waals surface area contributed by atoms with Crippen LogP contribution >= 0.6 is 0 Å². The number of hydrogen-bond donors (Lipinski definition) is 2. The molecule has 0 saturated carbocycles. The zero-order valence-corrected chi connectivity index (χ0v) is 14.0. The van der Waals surface area contributed by atoms with Gasteiger partial charge in [-0.15, -0.1) is 15.3 Å². The quantitative estimate of drug-likeness (QED) is 0.820. The highest BCUT2D eigenvalue weighted by Gasteiger charge is 2.38. The van der Waals surface area contributed by atoms with E-state index in [2.05, 4.69) is 25.9 Å². The van der Waals surface area contributed by atoms with Crippen molar-refractivity contribution in [1.82, 2.24) is 25.1 Å². The Kier molecular flexibility index (Phi) is 4.81. The fourth-order valence-electron chi connectivity index (χ4n) is 3.04. The van der Waals surface area contributed by atoms with Crippen LogP contribution < -0.4 is 10.6 Å². The number of hydrogen-bond acceptors (Lipinski definition) is 5. The summed E-state index contributed by atoms with van der Waals surface area (Å²) in [5.74, 6) is -1.03. The number of nitrogens with one attached hydrogen (secondary N) is 2. The minimum absolute atomic E-state index is 0.00688. The van der Waals surface area contributed by atoms with Crippen LogP contribution in [-0.2, 0) is 6.18 Å². The highest BCUT2D eigenvalue weighted by Crippen LogP contribution is 2.30. The summed E-state index contributed by atoms with van der Waals surface area (Å²) in [5, 5.41) is 16.8. The molecule has 0 amide bonds. The van der Waals surface area contributed by atoms with Crippen LogP contribution in [0.25, 0.3) is 5.65 Å². The third kappa shape index (κ3) is 3.53. The predicted octanol–water partition coefficient (Wildman–Crippen LogP) is 2.51. The first-order chi connectivity index (χ1) is 11.8. The van der Waals surface area contributed by atoms with Crippen molar-refractivity contribution >= 4 is 11.5 Å². The van der Waals surface area contributed by atoms with Crippen molar-refractivity contribution < 1.29 is 17.6 Å². The topological polar surface area (TPSA) is 67.1 Å². The molecule has 0 aromatic carbocycles. The van der Waals surface area contributed by atoms with Crippen molar-refractivity contribution in [2.75, 3.05) is 25.0 Å². The molecule has 3 heterocycles. The van der Waals surface area contributed by atoms with Crippen LogP contribution in [0.5, 0.6) is 0 Å². The van der Waals surface area contributed by atoms with Gasteiger partial charge in [0.2, 0.25) is 0 Å². The standard InChI is InChI=1S/C15H20F4N6/c1-8-9(2)13-22-23-14(15(17,18)19)25(13)24-12(8)21-7-11(16)10-3-5-20-6-4-10/h10-11,20H,3-7H2,1-2H3,(H,21,24). The number of halogens is 4. The molecule has 25 heavy (non-hydrogen) atoms. The molecule has 2 aromatic rings. The summed E-state index contributed by atoms with van der Waals surface area (Å²) in [6, 6.07) is 0. The number of piperidine rings is 1. The zero-order chi connectivity index (χ0) is 18.2. The fourth-order valence-corrected chi connectivity index (χ4v) is 3.04. The Morgan fingerprint density at radius 2 is 1.88 bits per heavy atom. The van der Waals surface area contributed by atoms with Gasteiger partial charge in [-0.2, -0.15) is 17.7 Å². The van der Waals surface area contributed by atoms with E-state index in [1.807, 2.05) is 0 Å². The van der Waals surface area contributed by atoms with E-state index in [9.17, 15) is 17.6 Å². The van der Waals surface area contributed by atoms with E-state index < -0.39 is 18.2 Å². The SMILES string of the molecule is Cc1c(NCC(F)C2CCNCC2)nn2c(C(F)(F)F)nnc2c1C. The summed E-state index contributed by atoms with van der Waals surface area (Å²) < 4.78 is 54.1. The van der Waals surface area contributed by atoms with Gasteiger partial charge in [-0.25, -0.2) is 4.39 Å². The predicted molar refractivity (Wildman–Crippen MR) is 84.2 cm³/mol. The summed E-state index contributed by atoms with van der Waals surface area (Å²) >= 11 is 0. The Hall–Kier alpha value is -1.97. The third-order valence-corrected chi connectivity index (χ3v) is 4.71. The summed E-state index contributed by atoms with van der Waals surface area (Å²) in [7, 11) is 0.